The number of sulfonamides is 1. The minimum atomic E-state index is -4.42. The summed E-state index contributed by atoms with van der Waals surface area (Å²) >= 11 is 0. The zero-order valence-corrected chi connectivity index (χ0v) is 22.0. The van der Waals surface area contributed by atoms with Gasteiger partial charge in [-0.25, -0.2) is 27.2 Å². The topological polar surface area (TPSA) is 120 Å². The van der Waals surface area contributed by atoms with Crippen LogP contribution in [0.15, 0.2) is 66.1 Å². The predicted molar refractivity (Wildman–Crippen MR) is 140 cm³/mol. The van der Waals surface area contributed by atoms with E-state index in [2.05, 4.69) is 29.9 Å². The van der Waals surface area contributed by atoms with Crippen LogP contribution in [0.25, 0.3) is 28.2 Å². The molecule has 0 radical (unpaired) electrons. The summed E-state index contributed by atoms with van der Waals surface area (Å²) in [6.45, 7) is 1.49. The van der Waals surface area contributed by atoms with Crippen LogP contribution in [0.3, 0.4) is 0 Å². The minimum Gasteiger partial charge on any atom is -0.480 e. The second kappa shape index (κ2) is 10.4. The maximum Gasteiger partial charge on any atom is 0.264 e. The molecule has 11 nitrogen and oxygen atoms in total. The van der Waals surface area contributed by atoms with Crippen LogP contribution < -0.4 is 9.46 Å². The first-order valence-electron chi connectivity index (χ1n) is 11.7. The third-order valence-electron chi connectivity index (χ3n) is 5.89. The maximum absolute atomic E-state index is 14.2. The highest BCUT2D eigenvalue weighted by Gasteiger charge is 2.22. The van der Waals surface area contributed by atoms with Crippen molar-refractivity contribution in [1.82, 2.24) is 34.3 Å². The molecule has 0 amide bonds. The van der Waals surface area contributed by atoms with Crippen LogP contribution in [0, 0.1) is 11.6 Å². The Kier molecular flexibility index (Phi) is 6.97. The third kappa shape index (κ3) is 5.42. The molecule has 5 rings (SSSR count). The first-order chi connectivity index (χ1) is 18.6. The molecule has 4 heterocycles. The van der Waals surface area contributed by atoms with Crippen molar-refractivity contribution in [2.45, 2.75) is 11.4 Å². The molecule has 5 aromatic rings. The molecule has 0 aliphatic heterocycles. The highest BCUT2D eigenvalue weighted by Crippen LogP contribution is 2.31. The van der Waals surface area contributed by atoms with E-state index in [0.29, 0.717) is 35.1 Å². The molecule has 1 aromatic carbocycles. The van der Waals surface area contributed by atoms with Crippen LogP contribution >= 0.6 is 0 Å². The van der Waals surface area contributed by atoms with Crippen molar-refractivity contribution in [2.24, 2.45) is 0 Å². The number of methoxy groups -OCH3 is 1. The summed E-state index contributed by atoms with van der Waals surface area (Å²) in [5, 5.41) is 8.48. The van der Waals surface area contributed by atoms with Gasteiger partial charge in [0.15, 0.2) is 0 Å². The van der Waals surface area contributed by atoms with Crippen LogP contribution in [0.4, 0.5) is 14.5 Å². The Balaban J connectivity index is 1.49. The Morgan fingerprint density at radius 3 is 2.59 bits per heavy atom. The lowest BCUT2D eigenvalue weighted by Crippen LogP contribution is -2.18. The molecule has 14 heteroatoms. The number of hydrogen-bond acceptors (Lipinski definition) is 8. The fourth-order valence-corrected chi connectivity index (χ4v) is 5.02. The van der Waals surface area contributed by atoms with Gasteiger partial charge in [-0.15, -0.1) is 5.10 Å². The summed E-state index contributed by atoms with van der Waals surface area (Å²) in [5.41, 5.74) is 3.24. The van der Waals surface area contributed by atoms with Crippen LogP contribution in [-0.2, 0) is 16.6 Å². The van der Waals surface area contributed by atoms with E-state index in [-0.39, 0.29) is 11.6 Å². The van der Waals surface area contributed by atoms with Gasteiger partial charge in [-0.1, -0.05) is 5.21 Å². The average molecular weight is 555 g/mol. The predicted octanol–water partition coefficient (Wildman–Crippen LogP) is 3.30. The molecule has 1 N–H and O–H groups in total. The average Bonchev–Trinajstić information content (AvgIpc) is 3.53. The molecule has 4 aromatic heterocycles. The molecule has 202 valence electrons. The van der Waals surface area contributed by atoms with Crippen LogP contribution in [-0.4, -0.2) is 70.4 Å². The van der Waals surface area contributed by atoms with Crippen molar-refractivity contribution in [1.29, 1.82) is 0 Å². The van der Waals surface area contributed by atoms with Gasteiger partial charge in [-0.3, -0.25) is 13.8 Å². The monoisotopic (exact) mass is 554 g/mol. The zero-order valence-electron chi connectivity index (χ0n) is 21.2. The van der Waals surface area contributed by atoms with Gasteiger partial charge in [0.05, 0.1) is 31.7 Å². The lowest BCUT2D eigenvalue weighted by atomic mass is 10.1. The summed E-state index contributed by atoms with van der Waals surface area (Å²) in [6, 6.07) is 7.34. The molecular weight excluding hydrogens is 530 g/mol. The number of imidazole rings is 1. The van der Waals surface area contributed by atoms with E-state index in [1.165, 1.54) is 19.4 Å². The summed E-state index contributed by atoms with van der Waals surface area (Å²) < 4.78 is 64.4. The maximum atomic E-state index is 14.2. The smallest absolute Gasteiger partial charge is 0.264 e. The van der Waals surface area contributed by atoms with Gasteiger partial charge in [0, 0.05) is 36.1 Å². The summed E-state index contributed by atoms with van der Waals surface area (Å²) in [7, 11) is 0.874. The van der Waals surface area contributed by atoms with Crippen molar-refractivity contribution in [3.63, 3.8) is 0 Å². The molecule has 0 aliphatic rings. The number of likely N-dealkylation sites (N-methyl/N-ethyl adjacent to an activating group) is 1. The van der Waals surface area contributed by atoms with Gasteiger partial charge in [-0.2, -0.15) is 0 Å². The van der Waals surface area contributed by atoms with Gasteiger partial charge in [0.1, 0.15) is 33.6 Å². The molecule has 0 spiro atoms. The van der Waals surface area contributed by atoms with Gasteiger partial charge < -0.3 is 9.64 Å². The van der Waals surface area contributed by atoms with Gasteiger partial charge in [-0.05, 0) is 44.4 Å². The molecule has 0 saturated heterocycles. The van der Waals surface area contributed by atoms with Gasteiger partial charge in [0.25, 0.3) is 10.0 Å². The van der Waals surface area contributed by atoms with Crippen molar-refractivity contribution in [2.75, 3.05) is 32.5 Å². The Bertz CT molecular complexity index is 1770. The molecule has 0 atom stereocenters. The van der Waals surface area contributed by atoms with E-state index in [9.17, 15) is 17.2 Å². The van der Waals surface area contributed by atoms with E-state index in [0.717, 1.165) is 24.4 Å². The Labute approximate surface area is 222 Å². The number of rotatable bonds is 9. The normalized spacial score (nSPS) is 11.8. The van der Waals surface area contributed by atoms with E-state index in [1.807, 2.05) is 37.0 Å². The number of fused-ring (bicyclic) bond motifs is 1. The first-order valence-corrected chi connectivity index (χ1v) is 13.2. The Morgan fingerprint density at radius 1 is 1.03 bits per heavy atom. The SMILES string of the molecule is COc1ncc(-c2ccc3ncc(-c4cn(CCN(C)C)nn4)n3c2)cc1NS(=O)(=O)c1ccc(F)cc1F. The lowest BCUT2D eigenvalue weighted by Gasteiger charge is -2.13. The fraction of sp³-hybridized carbons (Fsp3) is 0.200. The standard InChI is InChI=1S/C25H24F2N8O3S/c1-33(2)8-9-34-15-21(30-32-34)22-13-28-24-7-4-16(14-35(22)24)17-10-20(25(38-3)29-12-17)31-39(36,37)23-6-5-18(26)11-19(23)27/h4-7,10-15,31H,8-9H2,1-3H3. The van der Waals surface area contributed by atoms with E-state index < -0.39 is 26.6 Å². The van der Waals surface area contributed by atoms with E-state index >= 15 is 0 Å². The van der Waals surface area contributed by atoms with Crippen molar-refractivity contribution in [3.05, 3.63) is 72.8 Å². The summed E-state index contributed by atoms with van der Waals surface area (Å²) in [6.07, 6.45) is 6.88. The highest BCUT2D eigenvalue weighted by molar-refractivity contribution is 7.92. The zero-order chi connectivity index (χ0) is 27.7. The second-order valence-corrected chi connectivity index (χ2v) is 10.6. The molecule has 39 heavy (non-hydrogen) atoms. The minimum absolute atomic E-state index is 0.0199. The molecule has 0 unspecified atom stereocenters. The molecule has 0 bridgehead atoms. The fourth-order valence-electron chi connectivity index (χ4n) is 3.91. The second-order valence-electron chi connectivity index (χ2n) is 8.92. The lowest BCUT2D eigenvalue weighted by molar-refractivity contribution is 0.370. The van der Waals surface area contributed by atoms with Crippen molar-refractivity contribution in [3.8, 4) is 28.4 Å². The van der Waals surface area contributed by atoms with Crippen LogP contribution in [0.2, 0.25) is 0 Å². The third-order valence-corrected chi connectivity index (χ3v) is 7.29. The summed E-state index contributed by atoms with van der Waals surface area (Å²) in [5.74, 6) is -2.14. The van der Waals surface area contributed by atoms with Gasteiger partial charge in [0.2, 0.25) is 5.88 Å². The molecule has 0 fully saturated rings. The number of anilines is 1. The number of ether oxygens (including phenoxy) is 1. The van der Waals surface area contributed by atoms with E-state index in [1.54, 1.807) is 16.9 Å². The number of nitrogens with one attached hydrogen (secondary N) is 1. The number of benzene rings is 1. The highest BCUT2D eigenvalue weighted by atomic mass is 32.2. The molecule has 0 aliphatic carbocycles. The molecule has 0 saturated carbocycles. The van der Waals surface area contributed by atoms with E-state index in [4.69, 9.17) is 4.74 Å². The van der Waals surface area contributed by atoms with Crippen molar-refractivity contribution >= 4 is 21.4 Å². The Hall–Kier alpha value is -4.43. The number of aromatic nitrogens is 6. The quantitative estimate of drug-likeness (QED) is 0.295. The first kappa shape index (κ1) is 26.2. The number of nitrogens with zero attached hydrogens (tertiary/aromatic N) is 7. The van der Waals surface area contributed by atoms with Crippen molar-refractivity contribution < 1.29 is 21.9 Å². The number of hydrogen-bond donors (Lipinski definition) is 1. The van der Waals surface area contributed by atoms with Crippen LogP contribution in [0.1, 0.15) is 0 Å². The number of pyridine rings is 2. The molecular formula is C25H24F2N8O3S. The van der Waals surface area contributed by atoms with Crippen LogP contribution in [0.5, 0.6) is 5.88 Å². The Morgan fingerprint density at radius 2 is 1.85 bits per heavy atom. The summed E-state index contributed by atoms with van der Waals surface area (Å²) in [4.78, 5) is 10.0. The van der Waals surface area contributed by atoms with Gasteiger partial charge >= 0.3 is 0 Å². The number of halogens is 2. The largest absolute Gasteiger partial charge is 0.480 e.